The van der Waals surface area contributed by atoms with Gasteiger partial charge in [-0.2, -0.15) is 5.26 Å². The minimum atomic E-state index is 0.568. The standard InChI is InChI=1S/C25H17N3O/c1-29-17-11-12-22-19(13-17)21(15-27-22)25-20(14-26)24(16-7-3-2-4-8-16)18-9-5-6-10-23(18)28-25/h2-13,15,27H,1H3. The van der Waals surface area contributed by atoms with Gasteiger partial charge in [-0.05, 0) is 29.8 Å². The van der Waals surface area contributed by atoms with Crippen LogP contribution >= 0.6 is 0 Å². The van der Waals surface area contributed by atoms with E-state index in [2.05, 4.69) is 11.1 Å². The van der Waals surface area contributed by atoms with Gasteiger partial charge in [0.1, 0.15) is 11.8 Å². The van der Waals surface area contributed by atoms with E-state index in [4.69, 9.17) is 9.72 Å². The SMILES string of the molecule is COc1ccc2[nH]cc(-c3nc4ccccc4c(-c4ccccc4)c3C#N)c2c1. The number of methoxy groups -OCH3 is 1. The third-order valence-corrected chi connectivity index (χ3v) is 5.21. The summed E-state index contributed by atoms with van der Waals surface area (Å²) in [5.41, 5.74) is 5.87. The zero-order valence-corrected chi connectivity index (χ0v) is 15.8. The van der Waals surface area contributed by atoms with Crippen LogP contribution in [0.25, 0.3) is 44.2 Å². The van der Waals surface area contributed by atoms with E-state index in [1.807, 2.05) is 79.0 Å². The van der Waals surface area contributed by atoms with Gasteiger partial charge in [0.15, 0.2) is 0 Å². The average Bonchev–Trinajstić information content (AvgIpc) is 3.21. The number of nitrogens with zero attached hydrogens (tertiary/aromatic N) is 2. The summed E-state index contributed by atoms with van der Waals surface area (Å²) in [6.45, 7) is 0. The van der Waals surface area contributed by atoms with E-state index in [1.165, 1.54) is 0 Å². The fourth-order valence-electron chi connectivity index (χ4n) is 3.84. The second-order valence-corrected chi connectivity index (χ2v) is 6.82. The molecule has 3 aromatic carbocycles. The fourth-order valence-corrected chi connectivity index (χ4v) is 3.84. The minimum Gasteiger partial charge on any atom is -0.497 e. The van der Waals surface area contributed by atoms with E-state index in [0.717, 1.165) is 44.2 Å². The van der Waals surface area contributed by atoms with Gasteiger partial charge in [0.25, 0.3) is 0 Å². The van der Waals surface area contributed by atoms with Crippen LogP contribution in [0.3, 0.4) is 0 Å². The van der Waals surface area contributed by atoms with Gasteiger partial charge in [-0.15, -0.1) is 0 Å². The van der Waals surface area contributed by atoms with Crippen molar-refractivity contribution >= 4 is 21.8 Å². The Labute approximate surface area is 168 Å². The maximum absolute atomic E-state index is 10.2. The second kappa shape index (κ2) is 6.81. The lowest BCUT2D eigenvalue weighted by atomic mass is 9.92. The van der Waals surface area contributed by atoms with Crippen LogP contribution < -0.4 is 4.74 Å². The number of hydrogen-bond acceptors (Lipinski definition) is 3. The van der Waals surface area contributed by atoms with Crippen LogP contribution in [-0.4, -0.2) is 17.1 Å². The summed E-state index contributed by atoms with van der Waals surface area (Å²) in [6.07, 6.45) is 1.91. The summed E-state index contributed by atoms with van der Waals surface area (Å²) < 4.78 is 5.40. The molecule has 4 heteroatoms. The van der Waals surface area contributed by atoms with E-state index >= 15 is 0 Å². The van der Waals surface area contributed by atoms with Crippen molar-refractivity contribution in [3.63, 3.8) is 0 Å². The van der Waals surface area contributed by atoms with E-state index in [-0.39, 0.29) is 0 Å². The smallest absolute Gasteiger partial charge is 0.119 e. The highest BCUT2D eigenvalue weighted by Crippen LogP contribution is 2.39. The average molecular weight is 375 g/mol. The Morgan fingerprint density at radius 1 is 0.931 bits per heavy atom. The Kier molecular flexibility index (Phi) is 4.00. The van der Waals surface area contributed by atoms with Crippen LogP contribution in [0.4, 0.5) is 0 Å². The van der Waals surface area contributed by atoms with Crippen LogP contribution in [0.5, 0.6) is 5.75 Å². The molecule has 0 unspecified atom stereocenters. The highest BCUT2D eigenvalue weighted by molar-refractivity contribution is 6.04. The van der Waals surface area contributed by atoms with Crippen molar-refractivity contribution in [2.75, 3.05) is 7.11 Å². The van der Waals surface area contributed by atoms with Gasteiger partial charge in [0, 0.05) is 33.6 Å². The monoisotopic (exact) mass is 375 g/mol. The molecule has 0 saturated heterocycles. The van der Waals surface area contributed by atoms with Crippen molar-refractivity contribution in [3.05, 3.63) is 84.6 Å². The zero-order chi connectivity index (χ0) is 19.8. The molecule has 0 aliphatic rings. The highest BCUT2D eigenvalue weighted by Gasteiger charge is 2.20. The van der Waals surface area contributed by atoms with Crippen molar-refractivity contribution in [3.8, 4) is 34.2 Å². The number of nitrogens with one attached hydrogen (secondary N) is 1. The number of aromatic nitrogens is 2. The van der Waals surface area contributed by atoms with Gasteiger partial charge in [0.2, 0.25) is 0 Å². The predicted molar refractivity (Wildman–Crippen MR) is 116 cm³/mol. The van der Waals surface area contributed by atoms with Crippen LogP contribution in [-0.2, 0) is 0 Å². The maximum atomic E-state index is 10.2. The lowest BCUT2D eigenvalue weighted by molar-refractivity contribution is 0.415. The van der Waals surface area contributed by atoms with Gasteiger partial charge in [-0.1, -0.05) is 48.5 Å². The maximum Gasteiger partial charge on any atom is 0.119 e. The lowest BCUT2D eigenvalue weighted by Gasteiger charge is -2.13. The number of rotatable bonds is 3. The summed E-state index contributed by atoms with van der Waals surface area (Å²) in [5, 5.41) is 12.1. The van der Waals surface area contributed by atoms with Gasteiger partial charge in [-0.25, -0.2) is 4.98 Å². The summed E-state index contributed by atoms with van der Waals surface area (Å²) in [5.74, 6) is 0.765. The molecule has 0 atom stereocenters. The third-order valence-electron chi connectivity index (χ3n) is 5.21. The van der Waals surface area contributed by atoms with Crippen LogP contribution in [0.15, 0.2) is 79.0 Å². The second-order valence-electron chi connectivity index (χ2n) is 6.82. The Hall–Kier alpha value is -4.10. The molecule has 0 spiro atoms. The normalized spacial score (nSPS) is 10.9. The highest BCUT2D eigenvalue weighted by atomic mass is 16.5. The Morgan fingerprint density at radius 2 is 1.72 bits per heavy atom. The number of aromatic amines is 1. The molecule has 2 heterocycles. The zero-order valence-electron chi connectivity index (χ0n) is 15.8. The molecule has 29 heavy (non-hydrogen) atoms. The number of benzene rings is 3. The number of ether oxygens (including phenoxy) is 1. The molecule has 5 rings (SSSR count). The molecule has 1 N–H and O–H groups in total. The van der Waals surface area contributed by atoms with Crippen LogP contribution in [0, 0.1) is 11.3 Å². The molecule has 0 radical (unpaired) electrons. The van der Waals surface area contributed by atoms with Crippen molar-refractivity contribution in [2.45, 2.75) is 0 Å². The summed E-state index contributed by atoms with van der Waals surface area (Å²) in [4.78, 5) is 8.19. The van der Waals surface area contributed by atoms with Crippen LogP contribution in [0.2, 0.25) is 0 Å². The predicted octanol–water partition coefficient (Wildman–Crippen LogP) is 5.93. The van der Waals surface area contributed by atoms with Crippen LogP contribution in [0.1, 0.15) is 5.56 Å². The Bertz CT molecular complexity index is 1390. The molecule has 0 aliphatic carbocycles. The van der Waals surface area contributed by atoms with Crippen molar-refractivity contribution < 1.29 is 4.74 Å². The van der Waals surface area contributed by atoms with E-state index in [1.54, 1.807) is 7.11 Å². The Balaban J connectivity index is 1.90. The number of pyridine rings is 1. The molecule has 2 aromatic heterocycles. The molecule has 0 saturated carbocycles. The van der Waals surface area contributed by atoms with E-state index in [9.17, 15) is 5.26 Å². The first kappa shape index (κ1) is 17.0. The molecular weight excluding hydrogens is 358 g/mol. The first-order chi connectivity index (χ1) is 14.3. The van der Waals surface area contributed by atoms with Gasteiger partial charge in [-0.3, -0.25) is 0 Å². The number of nitriles is 1. The molecule has 0 amide bonds. The van der Waals surface area contributed by atoms with Crippen molar-refractivity contribution in [1.29, 1.82) is 5.26 Å². The summed E-state index contributed by atoms with van der Waals surface area (Å²) in [6, 6.07) is 26.3. The van der Waals surface area contributed by atoms with Gasteiger partial charge in [0.05, 0.1) is 23.9 Å². The number of para-hydroxylation sites is 1. The molecule has 138 valence electrons. The summed E-state index contributed by atoms with van der Waals surface area (Å²) >= 11 is 0. The molecule has 0 bridgehead atoms. The largest absolute Gasteiger partial charge is 0.497 e. The van der Waals surface area contributed by atoms with Gasteiger partial charge < -0.3 is 9.72 Å². The van der Waals surface area contributed by atoms with Crippen molar-refractivity contribution in [2.24, 2.45) is 0 Å². The van der Waals surface area contributed by atoms with E-state index in [0.29, 0.717) is 11.3 Å². The number of fused-ring (bicyclic) bond motifs is 2. The van der Waals surface area contributed by atoms with Crippen molar-refractivity contribution in [1.82, 2.24) is 9.97 Å². The summed E-state index contributed by atoms with van der Waals surface area (Å²) in [7, 11) is 1.65. The molecule has 0 aliphatic heterocycles. The topological polar surface area (TPSA) is 61.7 Å². The Morgan fingerprint density at radius 3 is 2.52 bits per heavy atom. The first-order valence-electron chi connectivity index (χ1n) is 9.34. The number of hydrogen-bond donors (Lipinski definition) is 1. The first-order valence-corrected chi connectivity index (χ1v) is 9.34. The van der Waals surface area contributed by atoms with E-state index < -0.39 is 0 Å². The molecular formula is C25H17N3O. The number of H-pyrrole nitrogens is 1. The lowest BCUT2D eigenvalue weighted by Crippen LogP contribution is -1.96. The molecule has 0 fully saturated rings. The fraction of sp³-hybridized carbons (Fsp3) is 0.0400. The quantitative estimate of drug-likeness (QED) is 0.425. The molecule has 5 aromatic rings. The minimum absolute atomic E-state index is 0.568. The van der Waals surface area contributed by atoms with Gasteiger partial charge >= 0.3 is 0 Å². The molecule has 4 nitrogen and oxygen atoms in total. The third kappa shape index (κ3) is 2.72.